The van der Waals surface area contributed by atoms with Crippen LogP contribution in [0.25, 0.3) is 0 Å². The van der Waals surface area contributed by atoms with Crippen molar-refractivity contribution in [2.75, 3.05) is 13.7 Å². The summed E-state index contributed by atoms with van der Waals surface area (Å²) >= 11 is 0. The molecule has 3 nitrogen and oxygen atoms in total. The predicted octanol–water partition coefficient (Wildman–Crippen LogP) is 3.12. The largest absolute Gasteiger partial charge is 0.424 e. The van der Waals surface area contributed by atoms with Crippen LogP contribution in [0.2, 0.25) is 5.04 Å². The van der Waals surface area contributed by atoms with E-state index in [4.69, 9.17) is 9.78 Å². The van der Waals surface area contributed by atoms with E-state index in [0.29, 0.717) is 6.61 Å². The quantitative estimate of drug-likeness (QED) is 0.454. The maximum absolute atomic E-state index is 12.0. The van der Waals surface area contributed by atoms with Gasteiger partial charge in [0.1, 0.15) is 0 Å². The van der Waals surface area contributed by atoms with E-state index in [2.05, 4.69) is 45.0 Å². The van der Waals surface area contributed by atoms with Crippen LogP contribution in [0.3, 0.4) is 0 Å². The van der Waals surface area contributed by atoms with Crippen molar-refractivity contribution < 1.29 is 14.6 Å². The van der Waals surface area contributed by atoms with E-state index < -0.39 is 8.32 Å². The van der Waals surface area contributed by atoms with E-state index in [0.717, 1.165) is 16.8 Å². The van der Waals surface area contributed by atoms with Crippen LogP contribution in [0, 0.1) is 5.92 Å². The first-order valence-corrected chi connectivity index (χ1v) is 10.4. The second-order valence-electron chi connectivity index (χ2n) is 7.09. The fourth-order valence-electron chi connectivity index (χ4n) is 3.57. The number of rotatable bonds is 8. The molecule has 2 aromatic carbocycles. The second kappa shape index (κ2) is 8.08. The molecule has 0 amide bonds. The average Bonchev–Trinajstić information content (AvgIpc) is 2.60. The van der Waals surface area contributed by atoms with Gasteiger partial charge in [-0.1, -0.05) is 81.4 Å². The lowest BCUT2D eigenvalue weighted by molar-refractivity contribution is -0.279. The third kappa shape index (κ3) is 3.95. The lowest BCUT2D eigenvalue weighted by atomic mass is 9.99. The van der Waals surface area contributed by atoms with Gasteiger partial charge < -0.3 is 4.80 Å². The lowest BCUT2D eigenvalue weighted by Crippen LogP contribution is -2.65. The maximum atomic E-state index is 12.0. The molecule has 0 bridgehead atoms. The van der Waals surface area contributed by atoms with Gasteiger partial charge in [-0.05, 0) is 27.8 Å². The number of benzene rings is 2. The van der Waals surface area contributed by atoms with Crippen LogP contribution in [0.4, 0.5) is 0 Å². The number of hydrogen-bond donors (Lipinski definition) is 1. The van der Waals surface area contributed by atoms with Gasteiger partial charge in [0.2, 0.25) is 0 Å². The smallest absolute Gasteiger partial charge is 0.258 e. The molecule has 0 aliphatic rings. The Hall–Kier alpha value is -1.46. The molecule has 1 unspecified atom stereocenters. The highest BCUT2D eigenvalue weighted by atomic mass is 28.4. The molecular formula is C20H28O3Si. The lowest BCUT2D eigenvalue weighted by Gasteiger charge is -2.42. The molecule has 0 heterocycles. The minimum atomic E-state index is -2.93. The molecular weight excluding hydrogens is 316 g/mol. The summed E-state index contributed by atoms with van der Waals surface area (Å²) in [6.07, 6.45) is 0.850. The molecule has 0 radical (unpaired) electrons. The van der Waals surface area contributed by atoms with Crippen molar-refractivity contribution in [2.45, 2.75) is 32.2 Å². The van der Waals surface area contributed by atoms with Gasteiger partial charge in [0, 0.05) is 0 Å². The standard InChI is InChI=1S/C20H28O3Si/c1-17(16-23-22-4)15-20(2,3)24(21,18-11-7-5-8-12-18)19-13-9-6-10-14-19/h5-14,17,21H,15-16H2,1-4H3. The zero-order valence-electron chi connectivity index (χ0n) is 15.0. The van der Waals surface area contributed by atoms with Gasteiger partial charge in [-0.3, -0.25) is 0 Å². The van der Waals surface area contributed by atoms with Crippen molar-refractivity contribution in [1.82, 2.24) is 0 Å². The van der Waals surface area contributed by atoms with Crippen LogP contribution < -0.4 is 10.4 Å². The summed E-state index contributed by atoms with van der Waals surface area (Å²) in [4.78, 5) is 21.9. The molecule has 0 aliphatic heterocycles. The summed E-state index contributed by atoms with van der Waals surface area (Å²) in [5, 5.41) is 1.83. The van der Waals surface area contributed by atoms with Crippen molar-refractivity contribution in [3.05, 3.63) is 60.7 Å². The van der Waals surface area contributed by atoms with Crippen LogP contribution in [-0.2, 0) is 9.78 Å². The van der Waals surface area contributed by atoms with E-state index in [9.17, 15) is 4.80 Å². The summed E-state index contributed by atoms with van der Waals surface area (Å²) in [6, 6.07) is 20.2. The van der Waals surface area contributed by atoms with Crippen LogP contribution in [0.5, 0.6) is 0 Å². The van der Waals surface area contributed by atoms with Crippen LogP contribution in [0.1, 0.15) is 27.2 Å². The fourth-order valence-corrected chi connectivity index (χ4v) is 7.46. The van der Waals surface area contributed by atoms with Crippen LogP contribution in [-0.4, -0.2) is 26.8 Å². The zero-order chi connectivity index (χ0) is 17.6. The van der Waals surface area contributed by atoms with Crippen molar-refractivity contribution in [2.24, 2.45) is 5.92 Å². The number of hydrogen-bond acceptors (Lipinski definition) is 3. The van der Waals surface area contributed by atoms with E-state index in [1.807, 2.05) is 36.4 Å². The normalized spacial score (nSPS) is 13.7. The first-order valence-electron chi connectivity index (χ1n) is 8.41. The van der Waals surface area contributed by atoms with E-state index >= 15 is 0 Å². The molecule has 130 valence electrons. The molecule has 2 aromatic rings. The minimum Gasteiger partial charge on any atom is -0.424 e. The Kier molecular flexibility index (Phi) is 6.35. The topological polar surface area (TPSA) is 38.7 Å². The molecule has 0 saturated carbocycles. The van der Waals surface area contributed by atoms with Gasteiger partial charge in [0.05, 0.1) is 13.7 Å². The second-order valence-corrected chi connectivity index (χ2v) is 11.0. The first-order chi connectivity index (χ1) is 11.4. The van der Waals surface area contributed by atoms with Crippen LogP contribution >= 0.6 is 0 Å². The Morgan fingerprint density at radius 3 is 1.83 bits per heavy atom. The Labute approximate surface area is 146 Å². The van der Waals surface area contributed by atoms with Gasteiger partial charge in [-0.2, -0.15) is 0 Å². The molecule has 0 fully saturated rings. The van der Waals surface area contributed by atoms with Crippen molar-refractivity contribution >= 4 is 18.7 Å². The van der Waals surface area contributed by atoms with Crippen molar-refractivity contribution in [1.29, 1.82) is 0 Å². The van der Waals surface area contributed by atoms with Crippen molar-refractivity contribution in [3.8, 4) is 0 Å². The van der Waals surface area contributed by atoms with Gasteiger partial charge in [-0.25, -0.2) is 9.78 Å². The molecule has 4 heteroatoms. The summed E-state index contributed by atoms with van der Waals surface area (Å²) in [6.45, 7) is 6.99. The minimum absolute atomic E-state index is 0.258. The Morgan fingerprint density at radius 1 is 0.958 bits per heavy atom. The van der Waals surface area contributed by atoms with Gasteiger partial charge >= 0.3 is 0 Å². The van der Waals surface area contributed by atoms with E-state index in [1.165, 1.54) is 7.11 Å². The Bertz CT molecular complexity index is 574. The molecule has 1 atom stereocenters. The molecule has 0 saturated heterocycles. The molecule has 1 N–H and O–H groups in total. The molecule has 24 heavy (non-hydrogen) atoms. The van der Waals surface area contributed by atoms with Gasteiger partial charge in [0.15, 0.2) is 0 Å². The average molecular weight is 345 g/mol. The summed E-state index contributed by atoms with van der Waals surface area (Å²) in [5.74, 6) is 0.284. The monoisotopic (exact) mass is 344 g/mol. The first kappa shape index (κ1) is 18.9. The van der Waals surface area contributed by atoms with Gasteiger partial charge in [-0.15, -0.1) is 0 Å². The highest BCUT2D eigenvalue weighted by Crippen LogP contribution is 2.41. The fraction of sp³-hybridized carbons (Fsp3) is 0.400. The zero-order valence-corrected chi connectivity index (χ0v) is 16.0. The van der Waals surface area contributed by atoms with Crippen LogP contribution in [0.15, 0.2) is 60.7 Å². The third-order valence-corrected chi connectivity index (χ3v) is 9.19. The summed E-state index contributed by atoms with van der Waals surface area (Å²) in [7, 11) is -1.40. The Morgan fingerprint density at radius 2 is 1.42 bits per heavy atom. The summed E-state index contributed by atoms with van der Waals surface area (Å²) < 4.78 is 0. The van der Waals surface area contributed by atoms with E-state index in [-0.39, 0.29) is 11.0 Å². The molecule has 0 spiro atoms. The Balaban J connectivity index is 2.42. The molecule has 0 aromatic heterocycles. The third-order valence-electron chi connectivity index (χ3n) is 4.69. The molecule has 2 rings (SSSR count). The van der Waals surface area contributed by atoms with Gasteiger partial charge in [0.25, 0.3) is 8.32 Å². The predicted molar refractivity (Wildman–Crippen MR) is 101 cm³/mol. The highest BCUT2D eigenvalue weighted by molar-refractivity contribution is 6.98. The SMILES string of the molecule is COOCC(C)CC(C)(C)[Si](O)(c1ccccc1)c1ccccc1. The van der Waals surface area contributed by atoms with Crippen molar-refractivity contribution in [3.63, 3.8) is 0 Å². The highest BCUT2D eigenvalue weighted by Gasteiger charge is 2.50. The van der Waals surface area contributed by atoms with E-state index in [1.54, 1.807) is 0 Å². The molecule has 0 aliphatic carbocycles. The summed E-state index contributed by atoms with van der Waals surface area (Å²) in [5.41, 5.74) is 0. The maximum Gasteiger partial charge on any atom is 0.258 e.